The molecular weight excluding hydrogens is 877 g/mol. The average Bonchev–Trinajstić information content (AvgIpc) is 3.37. The third kappa shape index (κ3) is 56.1. The van der Waals surface area contributed by atoms with E-state index in [1.807, 2.05) is 0 Å². The number of hydrogen-bond donors (Lipinski definition) is 0. The number of esters is 3. The zero-order valence-electron chi connectivity index (χ0n) is 45.4. The summed E-state index contributed by atoms with van der Waals surface area (Å²) in [5, 5.41) is 0. The minimum atomic E-state index is -0.825. The smallest absolute Gasteiger partial charge is 0.306 e. The maximum absolute atomic E-state index is 12.8. The molecule has 0 aromatic carbocycles. The zero-order chi connectivity index (χ0) is 51.4. The van der Waals surface area contributed by atoms with Gasteiger partial charge in [0.1, 0.15) is 13.2 Å². The molecule has 0 bridgehead atoms. The lowest BCUT2D eigenvalue weighted by molar-refractivity contribution is -0.167. The fourth-order valence-electron chi connectivity index (χ4n) is 7.18. The van der Waals surface area contributed by atoms with E-state index in [1.54, 1.807) is 0 Å². The van der Waals surface area contributed by atoms with Gasteiger partial charge in [-0.05, 0) is 135 Å². The Morgan fingerprint density at radius 2 is 0.507 bits per heavy atom. The van der Waals surface area contributed by atoms with Crippen molar-refractivity contribution in [3.63, 3.8) is 0 Å². The van der Waals surface area contributed by atoms with Gasteiger partial charge in [-0.15, -0.1) is 0 Å². The maximum atomic E-state index is 12.8. The van der Waals surface area contributed by atoms with Crippen LogP contribution in [-0.2, 0) is 28.6 Å². The zero-order valence-corrected chi connectivity index (χ0v) is 45.4. The van der Waals surface area contributed by atoms with E-state index in [2.05, 4.69) is 167 Å². The van der Waals surface area contributed by atoms with Gasteiger partial charge in [-0.1, -0.05) is 218 Å². The Morgan fingerprint density at radius 1 is 0.282 bits per heavy atom. The maximum Gasteiger partial charge on any atom is 0.306 e. The van der Waals surface area contributed by atoms with Crippen molar-refractivity contribution in [3.05, 3.63) is 146 Å². The summed E-state index contributed by atoms with van der Waals surface area (Å²) in [6, 6.07) is 0. The van der Waals surface area contributed by atoms with Crippen molar-refractivity contribution in [3.8, 4) is 0 Å². The molecule has 0 saturated heterocycles. The molecule has 0 aliphatic heterocycles. The van der Waals surface area contributed by atoms with Gasteiger partial charge in [0.15, 0.2) is 6.10 Å². The molecule has 0 amide bonds. The van der Waals surface area contributed by atoms with Crippen LogP contribution in [0.2, 0.25) is 0 Å². The van der Waals surface area contributed by atoms with Gasteiger partial charge in [0.05, 0.1) is 0 Å². The first-order valence-corrected chi connectivity index (χ1v) is 28.3. The third-order valence-electron chi connectivity index (χ3n) is 11.3. The van der Waals surface area contributed by atoms with E-state index in [0.717, 1.165) is 122 Å². The number of allylic oxidation sites excluding steroid dienone is 24. The van der Waals surface area contributed by atoms with E-state index < -0.39 is 6.10 Å². The lowest BCUT2D eigenvalue weighted by Crippen LogP contribution is -2.30. The van der Waals surface area contributed by atoms with Gasteiger partial charge in [0, 0.05) is 19.3 Å². The highest BCUT2D eigenvalue weighted by atomic mass is 16.6. The van der Waals surface area contributed by atoms with Gasteiger partial charge in [-0.25, -0.2) is 0 Å². The molecule has 0 rings (SSSR count). The Morgan fingerprint density at radius 3 is 0.817 bits per heavy atom. The molecule has 0 radical (unpaired) electrons. The molecule has 6 nitrogen and oxygen atoms in total. The molecule has 0 fully saturated rings. The summed E-state index contributed by atoms with van der Waals surface area (Å²) >= 11 is 0. The molecule has 0 heterocycles. The van der Waals surface area contributed by atoms with E-state index in [9.17, 15) is 14.4 Å². The van der Waals surface area contributed by atoms with Crippen LogP contribution in [0.5, 0.6) is 0 Å². The highest BCUT2D eigenvalue weighted by Crippen LogP contribution is 2.14. The molecule has 1 atom stereocenters. The Kier molecular flexibility index (Phi) is 54.0. The highest BCUT2D eigenvalue weighted by Gasteiger charge is 2.19. The summed E-state index contributed by atoms with van der Waals surface area (Å²) in [4.78, 5) is 38.1. The monoisotopic (exact) mass is 979 g/mol. The van der Waals surface area contributed by atoms with E-state index >= 15 is 0 Å². The lowest BCUT2D eigenvalue weighted by atomic mass is 10.1. The van der Waals surface area contributed by atoms with E-state index in [1.165, 1.54) is 51.4 Å². The normalized spacial score (nSPS) is 13.2. The fraction of sp³-hybridized carbons (Fsp3) is 0.585. The van der Waals surface area contributed by atoms with Crippen molar-refractivity contribution in [1.82, 2.24) is 0 Å². The number of ether oxygens (including phenoxy) is 3. The van der Waals surface area contributed by atoms with Gasteiger partial charge in [0.25, 0.3) is 0 Å². The van der Waals surface area contributed by atoms with Gasteiger partial charge >= 0.3 is 17.9 Å². The SMILES string of the molecule is CC/C=C\C/C=C\C/C=C\C/C=C\CCCCCCCCCCCCC(=O)OCC(COC(=O)CCCC/C=C\C/C=C\C/C=C\C/C=C\CC)OC(=O)CCCC/C=C\C/C=C\C/C=C\C/C=C\CC. The van der Waals surface area contributed by atoms with Crippen molar-refractivity contribution in [2.75, 3.05) is 13.2 Å². The Balaban J connectivity index is 4.47. The standard InChI is InChI=1S/C65H102O6/c1-4-7-10-13-16-19-22-25-28-29-30-31-32-33-34-35-38-40-43-46-49-52-55-58-64(67)70-61-62(71-65(68)59-56-53-50-47-44-41-37-27-24-21-18-15-12-9-6-3)60-69-63(66)57-54-51-48-45-42-39-36-26-23-20-17-14-11-8-5-2/h7-12,16-21,25-28,30-31,36-37,42,44-45,47,62H,4-6,13-15,22-24,29,32-35,38-41,43,46,48-61H2,1-3H3/b10-7-,11-8-,12-9-,19-16-,20-17-,21-18-,28-25-,31-30-,36-26-,37-27-,45-42-,47-44-. The van der Waals surface area contributed by atoms with Crippen LogP contribution >= 0.6 is 0 Å². The fourth-order valence-corrected chi connectivity index (χ4v) is 7.18. The minimum absolute atomic E-state index is 0.116. The van der Waals surface area contributed by atoms with Crippen molar-refractivity contribution in [2.24, 2.45) is 0 Å². The topological polar surface area (TPSA) is 78.9 Å². The van der Waals surface area contributed by atoms with Crippen molar-refractivity contribution >= 4 is 17.9 Å². The molecule has 0 aliphatic rings. The molecule has 0 aromatic heterocycles. The number of carbonyl (C=O) groups excluding carboxylic acids is 3. The lowest BCUT2D eigenvalue weighted by Gasteiger charge is -2.18. The molecule has 0 aliphatic carbocycles. The Hall–Kier alpha value is -4.71. The summed E-state index contributed by atoms with van der Waals surface area (Å²) in [5.74, 6) is -1.01. The molecule has 0 N–H and O–H groups in total. The average molecular weight is 980 g/mol. The van der Waals surface area contributed by atoms with Crippen LogP contribution < -0.4 is 0 Å². The Bertz CT molecular complexity index is 1590. The van der Waals surface area contributed by atoms with E-state index in [-0.39, 0.29) is 37.5 Å². The van der Waals surface area contributed by atoms with Crippen LogP contribution in [-0.4, -0.2) is 37.2 Å². The van der Waals surface area contributed by atoms with Crippen molar-refractivity contribution in [2.45, 2.75) is 232 Å². The van der Waals surface area contributed by atoms with Crippen LogP contribution in [0.15, 0.2) is 146 Å². The largest absolute Gasteiger partial charge is 0.462 e. The van der Waals surface area contributed by atoms with Crippen LogP contribution in [0, 0.1) is 0 Å². The van der Waals surface area contributed by atoms with Crippen molar-refractivity contribution < 1.29 is 28.6 Å². The van der Waals surface area contributed by atoms with Crippen LogP contribution in [0.4, 0.5) is 0 Å². The predicted molar refractivity (Wildman–Crippen MR) is 306 cm³/mol. The quantitative estimate of drug-likeness (QED) is 0.0262. The molecule has 1 unspecified atom stereocenters. The van der Waals surface area contributed by atoms with Crippen molar-refractivity contribution in [1.29, 1.82) is 0 Å². The second kappa shape index (κ2) is 57.9. The third-order valence-corrected chi connectivity index (χ3v) is 11.3. The van der Waals surface area contributed by atoms with Gasteiger partial charge in [-0.2, -0.15) is 0 Å². The molecular formula is C65H102O6. The number of carbonyl (C=O) groups is 3. The molecule has 6 heteroatoms. The molecule has 0 spiro atoms. The second-order valence-electron chi connectivity index (χ2n) is 18.0. The van der Waals surface area contributed by atoms with E-state index in [4.69, 9.17) is 14.2 Å². The predicted octanol–water partition coefficient (Wildman–Crippen LogP) is 19.2. The van der Waals surface area contributed by atoms with Crippen LogP contribution in [0.1, 0.15) is 226 Å². The first-order valence-electron chi connectivity index (χ1n) is 28.3. The highest BCUT2D eigenvalue weighted by molar-refractivity contribution is 5.71. The minimum Gasteiger partial charge on any atom is -0.462 e. The molecule has 71 heavy (non-hydrogen) atoms. The van der Waals surface area contributed by atoms with Gasteiger partial charge in [0.2, 0.25) is 0 Å². The van der Waals surface area contributed by atoms with Gasteiger partial charge in [-0.3, -0.25) is 14.4 Å². The van der Waals surface area contributed by atoms with E-state index in [0.29, 0.717) is 25.7 Å². The number of rotatable bonds is 49. The first kappa shape index (κ1) is 66.3. The van der Waals surface area contributed by atoms with Gasteiger partial charge < -0.3 is 14.2 Å². The summed E-state index contributed by atoms with van der Waals surface area (Å²) in [7, 11) is 0. The van der Waals surface area contributed by atoms with Crippen LogP contribution in [0.3, 0.4) is 0 Å². The molecule has 0 aromatic rings. The Labute approximate surface area is 436 Å². The second-order valence-corrected chi connectivity index (χ2v) is 18.0. The summed E-state index contributed by atoms with van der Waals surface area (Å²) in [6.45, 7) is 6.21. The number of hydrogen-bond acceptors (Lipinski definition) is 6. The summed E-state index contributed by atoms with van der Waals surface area (Å²) in [6.07, 6.45) is 82.7. The summed E-state index contributed by atoms with van der Waals surface area (Å²) in [5.41, 5.74) is 0. The summed E-state index contributed by atoms with van der Waals surface area (Å²) < 4.78 is 16.8. The molecule has 398 valence electrons. The molecule has 0 saturated carbocycles. The van der Waals surface area contributed by atoms with Crippen LogP contribution in [0.25, 0.3) is 0 Å². The first-order chi connectivity index (χ1) is 35.0. The number of unbranched alkanes of at least 4 members (excludes halogenated alkanes) is 14.